The van der Waals surface area contributed by atoms with Crippen LogP contribution < -0.4 is 0 Å². The Morgan fingerprint density at radius 2 is 2.18 bits per heavy atom. The van der Waals surface area contributed by atoms with Crippen LogP contribution in [0.25, 0.3) is 0 Å². The highest BCUT2D eigenvalue weighted by atomic mass is 35.5. The van der Waals surface area contributed by atoms with E-state index in [9.17, 15) is 4.79 Å². The lowest BCUT2D eigenvalue weighted by Gasteiger charge is -2.39. The van der Waals surface area contributed by atoms with E-state index in [1.54, 1.807) is 25.1 Å². The second-order valence-electron chi connectivity index (χ2n) is 3.77. The van der Waals surface area contributed by atoms with E-state index < -0.39 is 5.60 Å². The maximum absolute atomic E-state index is 11.9. The number of hydrogen-bond acceptors (Lipinski definition) is 3. The molecule has 0 aromatic heterocycles. The van der Waals surface area contributed by atoms with Gasteiger partial charge in [-0.1, -0.05) is 29.3 Å². The van der Waals surface area contributed by atoms with Crippen LogP contribution in [0.3, 0.4) is 0 Å². The van der Waals surface area contributed by atoms with Crippen molar-refractivity contribution in [3.63, 3.8) is 0 Å². The zero-order valence-corrected chi connectivity index (χ0v) is 10.8. The summed E-state index contributed by atoms with van der Waals surface area (Å²) in [6.07, 6.45) is 0.601. The van der Waals surface area contributed by atoms with Crippen molar-refractivity contribution in [1.29, 1.82) is 0 Å². The maximum atomic E-state index is 11.9. The van der Waals surface area contributed by atoms with Crippen LogP contribution in [0.4, 0.5) is 0 Å². The number of rotatable bonds is 3. The highest BCUT2D eigenvalue weighted by Crippen LogP contribution is 2.40. The molecule has 1 unspecified atom stereocenters. The average molecular weight is 275 g/mol. The number of benzene rings is 1. The largest absolute Gasteiger partial charge is 0.464 e. The van der Waals surface area contributed by atoms with Crippen LogP contribution in [0.5, 0.6) is 0 Å². The molecule has 1 aliphatic heterocycles. The van der Waals surface area contributed by atoms with Gasteiger partial charge in [-0.3, -0.25) is 0 Å². The smallest absolute Gasteiger partial charge is 0.343 e. The van der Waals surface area contributed by atoms with Crippen molar-refractivity contribution in [2.45, 2.75) is 18.9 Å². The van der Waals surface area contributed by atoms with E-state index >= 15 is 0 Å². The summed E-state index contributed by atoms with van der Waals surface area (Å²) in [6, 6.07) is 5.05. The Balaban J connectivity index is 2.34. The van der Waals surface area contributed by atoms with E-state index in [4.69, 9.17) is 32.7 Å². The van der Waals surface area contributed by atoms with Gasteiger partial charge in [0.2, 0.25) is 0 Å². The molecule has 1 atom stereocenters. The molecule has 5 heteroatoms. The molecule has 1 aromatic carbocycles. The summed E-state index contributed by atoms with van der Waals surface area (Å²) in [6.45, 7) is 2.63. The number of hydrogen-bond donors (Lipinski definition) is 0. The first-order valence-corrected chi connectivity index (χ1v) is 6.12. The van der Waals surface area contributed by atoms with E-state index in [0.717, 1.165) is 0 Å². The van der Waals surface area contributed by atoms with Gasteiger partial charge < -0.3 is 9.47 Å². The van der Waals surface area contributed by atoms with E-state index in [1.165, 1.54) is 0 Å². The molecule has 17 heavy (non-hydrogen) atoms. The summed E-state index contributed by atoms with van der Waals surface area (Å²) in [7, 11) is 0. The van der Waals surface area contributed by atoms with Crippen molar-refractivity contribution in [2.75, 3.05) is 13.2 Å². The third-order valence-electron chi connectivity index (χ3n) is 2.79. The third-order valence-corrected chi connectivity index (χ3v) is 3.53. The normalized spacial score (nSPS) is 23.0. The van der Waals surface area contributed by atoms with Crippen molar-refractivity contribution in [3.05, 3.63) is 33.8 Å². The molecule has 0 amide bonds. The summed E-state index contributed by atoms with van der Waals surface area (Å²) in [5, 5.41) is 0.858. The first-order chi connectivity index (χ1) is 8.10. The molecule has 1 aliphatic rings. The Hall–Kier alpha value is -0.770. The van der Waals surface area contributed by atoms with Gasteiger partial charge in [-0.05, 0) is 24.6 Å². The van der Waals surface area contributed by atoms with Crippen LogP contribution in [0, 0.1) is 0 Å². The molecule has 1 fully saturated rings. The van der Waals surface area contributed by atoms with Gasteiger partial charge in [0.25, 0.3) is 0 Å². The SMILES string of the molecule is CCOC(=O)C1(c2ccc(Cl)c(Cl)c2)CCO1. The van der Waals surface area contributed by atoms with Crippen molar-refractivity contribution < 1.29 is 14.3 Å². The average Bonchev–Trinajstić information content (AvgIpc) is 2.22. The Morgan fingerprint density at radius 3 is 2.65 bits per heavy atom. The Kier molecular flexibility index (Phi) is 3.61. The molecule has 0 aliphatic carbocycles. The summed E-state index contributed by atoms with van der Waals surface area (Å²) >= 11 is 11.8. The van der Waals surface area contributed by atoms with E-state index in [0.29, 0.717) is 35.2 Å². The van der Waals surface area contributed by atoms with Gasteiger partial charge in [0.05, 0.1) is 23.3 Å². The second kappa shape index (κ2) is 4.84. The standard InChI is InChI=1S/C12H12Cl2O3/c1-2-16-11(15)12(5-6-17-12)8-3-4-9(13)10(14)7-8/h3-4,7H,2,5-6H2,1H3. The van der Waals surface area contributed by atoms with Gasteiger partial charge in [0, 0.05) is 6.42 Å². The van der Waals surface area contributed by atoms with E-state index in [1.807, 2.05) is 0 Å². The number of esters is 1. The van der Waals surface area contributed by atoms with Crippen molar-refractivity contribution in [3.8, 4) is 0 Å². The maximum Gasteiger partial charge on any atom is 0.343 e. The lowest BCUT2D eigenvalue weighted by Crippen LogP contribution is -2.48. The molecular weight excluding hydrogens is 263 g/mol. The first-order valence-electron chi connectivity index (χ1n) is 5.37. The lowest BCUT2D eigenvalue weighted by molar-refractivity contribution is -0.203. The molecule has 2 rings (SSSR count). The first kappa shape index (κ1) is 12.7. The summed E-state index contributed by atoms with van der Waals surface area (Å²) < 4.78 is 10.5. The van der Waals surface area contributed by atoms with Gasteiger partial charge in [-0.25, -0.2) is 4.79 Å². The second-order valence-corrected chi connectivity index (χ2v) is 4.59. The molecule has 1 heterocycles. The molecule has 0 spiro atoms. The fourth-order valence-electron chi connectivity index (χ4n) is 1.81. The van der Waals surface area contributed by atoms with Crippen LogP contribution in [-0.4, -0.2) is 19.2 Å². The third kappa shape index (κ3) is 2.15. The van der Waals surface area contributed by atoms with Gasteiger partial charge in [0.1, 0.15) is 0 Å². The predicted molar refractivity (Wildman–Crippen MR) is 65.3 cm³/mol. The monoisotopic (exact) mass is 274 g/mol. The molecule has 1 saturated heterocycles. The molecular formula is C12H12Cl2O3. The number of carbonyl (C=O) groups excluding carboxylic acids is 1. The molecule has 0 radical (unpaired) electrons. The van der Waals surface area contributed by atoms with Crippen LogP contribution in [0.1, 0.15) is 18.9 Å². The van der Waals surface area contributed by atoms with Gasteiger partial charge >= 0.3 is 5.97 Å². The summed E-state index contributed by atoms with van der Waals surface area (Å²) in [5.41, 5.74) is -0.304. The fraction of sp³-hybridized carbons (Fsp3) is 0.417. The predicted octanol–water partition coefficient (Wildman–Crippen LogP) is 3.17. The Labute approximate surface area is 110 Å². The van der Waals surface area contributed by atoms with Crippen LogP contribution in [0.15, 0.2) is 18.2 Å². The Morgan fingerprint density at radius 1 is 1.47 bits per heavy atom. The van der Waals surface area contributed by atoms with Gasteiger partial charge in [0.15, 0.2) is 5.60 Å². The number of halogens is 2. The quantitative estimate of drug-likeness (QED) is 0.795. The minimum atomic E-state index is -0.996. The number of carbonyl (C=O) groups is 1. The minimum Gasteiger partial charge on any atom is -0.464 e. The zero-order chi connectivity index (χ0) is 12.5. The van der Waals surface area contributed by atoms with Gasteiger partial charge in [-0.15, -0.1) is 0 Å². The molecule has 1 aromatic rings. The molecule has 92 valence electrons. The highest BCUT2D eigenvalue weighted by Gasteiger charge is 2.49. The lowest BCUT2D eigenvalue weighted by atomic mass is 9.86. The Bertz CT molecular complexity index is 441. The van der Waals surface area contributed by atoms with Crippen molar-refractivity contribution in [1.82, 2.24) is 0 Å². The molecule has 0 saturated carbocycles. The van der Waals surface area contributed by atoms with Crippen LogP contribution in [-0.2, 0) is 19.9 Å². The zero-order valence-electron chi connectivity index (χ0n) is 9.33. The van der Waals surface area contributed by atoms with Crippen molar-refractivity contribution in [2.24, 2.45) is 0 Å². The molecule has 0 bridgehead atoms. The number of ether oxygens (including phenoxy) is 2. The van der Waals surface area contributed by atoms with Crippen LogP contribution in [0.2, 0.25) is 10.0 Å². The van der Waals surface area contributed by atoms with Gasteiger partial charge in [-0.2, -0.15) is 0 Å². The van der Waals surface area contributed by atoms with E-state index in [-0.39, 0.29) is 5.97 Å². The fourth-order valence-corrected chi connectivity index (χ4v) is 2.11. The summed E-state index contributed by atoms with van der Waals surface area (Å²) in [5.74, 6) is -0.371. The van der Waals surface area contributed by atoms with E-state index in [2.05, 4.69) is 0 Å². The highest BCUT2D eigenvalue weighted by molar-refractivity contribution is 6.42. The minimum absolute atomic E-state index is 0.325. The molecule has 0 N–H and O–H groups in total. The topological polar surface area (TPSA) is 35.5 Å². The van der Waals surface area contributed by atoms with Crippen molar-refractivity contribution >= 4 is 29.2 Å². The molecule has 3 nitrogen and oxygen atoms in total. The van der Waals surface area contributed by atoms with Crippen LogP contribution >= 0.6 is 23.2 Å². The summed E-state index contributed by atoms with van der Waals surface area (Å²) in [4.78, 5) is 11.9.